The standard InChI is InChI=1S/C15H20O2S/c1-11-8-13(15(16)17)6-7-14(11)10-18-9-12-4-2-3-5-12/h6-8,12H,2-5,9-10H2,1H3,(H,16,17). The quantitative estimate of drug-likeness (QED) is 0.869. The van der Waals surface area contributed by atoms with Crippen LogP contribution in [-0.2, 0) is 5.75 Å². The molecule has 1 fully saturated rings. The molecule has 0 saturated heterocycles. The van der Waals surface area contributed by atoms with E-state index in [0.29, 0.717) is 5.56 Å². The van der Waals surface area contributed by atoms with Crippen LogP contribution >= 0.6 is 11.8 Å². The highest BCUT2D eigenvalue weighted by molar-refractivity contribution is 7.98. The van der Waals surface area contributed by atoms with E-state index < -0.39 is 5.97 Å². The van der Waals surface area contributed by atoms with Crippen LogP contribution in [0.2, 0.25) is 0 Å². The molecule has 0 radical (unpaired) electrons. The lowest BCUT2D eigenvalue weighted by Gasteiger charge is -2.10. The Morgan fingerprint density at radius 1 is 1.39 bits per heavy atom. The van der Waals surface area contributed by atoms with Crippen LogP contribution in [-0.4, -0.2) is 16.8 Å². The summed E-state index contributed by atoms with van der Waals surface area (Å²) in [6.45, 7) is 2.00. The minimum absolute atomic E-state index is 0.386. The van der Waals surface area contributed by atoms with Gasteiger partial charge < -0.3 is 5.11 Å². The van der Waals surface area contributed by atoms with Crippen molar-refractivity contribution < 1.29 is 9.90 Å². The lowest BCUT2D eigenvalue weighted by Crippen LogP contribution is -2.00. The Bertz CT molecular complexity index is 423. The molecule has 1 aliphatic carbocycles. The molecule has 0 amide bonds. The van der Waals surface area contributed by atoms with Gasteiger partial charge in [-0.15, -0.1) is 0 Å². The summed E-state index contributed by atoms with van der Waals surface area (Å²) >= 11 is 1.98. The predicted molar refractivity (Wildman–Crippen MR) is 76.3 cm³/mol. The van der Waals surface area contributed by atoms with Gasteiger partial charge >= 0.3 is 5.97 Å². The van der Waals surface area contributed by atoms with E-state index in [0.717, 1.165) is 17.2 Å². The highest BCUT2D eigenvalue weighted by Crippen LogP contribution is 2.29. The minimum atomic E-state index is -0.844. The molecule has 1 saturated carbocycles. The molecule has 98 valence electrons. The summed E-state index contributed by atoms with van der Waals surface area (Å²) in [5.41, 5.74) is 2.74. The maximum absolute atomic E-state index is 10.8. The van der Waals surface area contributed by atoms with Crippen LogP contribution < -0.4 is 0 Å². The van der Waals surface area contributed by atoms with Gasteiger partial charge in [0.15, 0.2) is 0 Å². The molecule has 0 bridgehead atoms. The molecule has 1 aliphatic rings. The first-order valence-electron chi connectivity index (χ1n) is 6.57. The number of thioether (sulfide) groups is 1. The maximum Gasteiger partial charge on any atom is 0.335 e. The third-order valence-electron chi connectivity index (χ3n) is 3.68. The second-order valence-corrected chi connectivity index (χ2v) is 6.14. The zero-order valence-electron chi connectivity index (χ0n) is 10.8. The Morgan fingerprint density at radius 3 is 2.72 bits per heavy atom. The third kappa shape index (κ3) is 3.52. The first kappa shape index (κ1) is 13.5. The summed E-state index contributed by atoms with van der Waals surface area (Å²) in [6.07, 6.45) is 5.59. The minimum Gasteiger partial charge on any atom is -0.478 e. The third-order valence-corrected chi connectivity index (χ3v) is 4.90. The highest BCUT2D eigenvalue weighted by Gasteiger charge is 2.14. The van der Waals surface area contributed by atoms with Crippen molar-refractivity contribution in [3.8, 4) is 0 Å². The van der Waals surface area contributed by atoms with Crippen LogP contribution in [0.15, 0.2) is 18.2 Å². The number of rotatable bonds is 5. The molecule has 0 aromatic heterocycles. The fourth-order valence-corrected chi connectivity index (χ4v) is 3.83. The zero-order chi connectivity index (χ0) is 13.0. The van der Waals surface area contributed by atoms with Crippen molar-refractivity contribution in [3.05, 3.63) is 34.9 Å². The molecule has 0 atom stereocenters. The smallest absolute Gasteiger partial charge is 0.335 e. The van der Waals surface area contributed by atoms with E-state index in [9.17, 15) is 4.79 Å². The second-order valence-electron chi connectivity index (χ2n) is 5.11. The van der Waals surface area contributed by atoms with E-state index in [4.69, 9.17) is 5.11 Å². The van der Waals surface area contributed by atoms with Crippen molar-refractivity contribution in [2.24, 2.45) is 5.92 Å². The average molecular weight is 264 g/mol. The number of carboxylic acids is 1. The number of carbonyl (C=O) groups is 1. The lowest BCUT2D eigenvalue weighted by atomic mass is 10.1. The average Bonchev–Trinajstić information content (AvgIpc) is 2.84. The molecule has 0 spiro atoms. The van der Waals surface area contributed by atoms with E-state index in [2.05, 4.69) is 0 Å². The molecule has 0 unspecified atom stereocenters. The van der Waals surface area contributed by atoms with Crippen LogP contribution in [0, 0.1) is 12.8 Å². The van der Waals surface area contributed by atoms with Gasteiger partial charge in [-0.3, -0.25) is 0 Å². The molecule has 1 aromatic rings. The summed E-state index contributed by atoms with van der Waals surface area (Å²) in [7, 11) is 0. The molecule has 3 heteroatoms. The van der Waals surface area contributed by atoms with Crippen LogP contribution in [0.25, 0.3) is 0 Å². The number of carboxylic acid groups (broad SMARTS) is 1. The van der Waals surface area contributed by atoms with Gasteiger partial charge in [0.05, 0.1) is 5.56 Å². The van der Waals surface area contributed by atoms with E-state index in [1.807, 2.05) is 24.8 Å². The van der Waals surface area contributed by atoms with Gasteiger partial charge in [-0.2, -0.15) is 11.8 Å². The monoisotopic (exact) mass is 264 g/mol. The molecule has 1 aromatic carbocycles. The van der Waals surface area contributed by atoms with Gasteiger partial charge in [0, 0.05) is 5.75 Å². The summed E-state index contributed by atoms with van der Waals surface area (Å²) in [5.74, 6) is 2.32. The van der Waals surface area contributed by atoms with E-state index in [-0.39, 0.29) is 0 Å². The molecular formula is C15H20O2S. The predicted octanol–water partition coefficient (Wildman–Crippen LogP) is 4.12. The summed E-state index contributed by atoms with van der Waals surface area (Å²) in [6, 6.07) is 5.44. The first-order valence-corrected chi connectivity index (χ1v) is 7.73. The topological polar surface area (TPSA) is 37.3 Å². The van der Waals surface area contributed by atoms with Crippen molar-refractivity contribution in [2.45, 2.75) is 38.4 Å². The molecule has 0 heterocycles. The molecule has 1 N–H and O–H groups in total. The lowest BCUT2D eigenvalue weighted by molar-refractivity contribution is 0.0697. The van der Waals surface area contributed by atoms with Crippen LogP contribution in [0.1, 0.15) is 47.2 Å². The van der Waals surface area contributed by atoms with Crippen molar-refractivity contribution in [2.75, 3.05) is 5.75 Å². The molecular weight excluding hydrogens is 244 g/mol. The van der Waals surface area contributed by atoms with Gasteiger partial charge in [0.1, 0.15) is 0 Å². The number of benzene rings is 1. The highest BCUT2D eigenvalue weighted by atomic mass is 32.2. The molecule has 0 aliphatic heterocycles. The largest absolute Gasteiger partial charge is 0.478 e. The summed E-state index contributed by atoms with van der Waals surface area (Å²) in [5, 5.41) is 8.91. The van der Waals surface area contributed by atoms with Gasteiger partial charge in [0.2, 0.25) is 0 Å². The molecule has 2 nitrogen and oxygen atoms in total. The maximum atomic E-state index is 10.8. The van der Waals surface area contributed by atoms with Crippen molar-refractivity contribution >= 4 is 17.7 Å². The normalized spacial score (nSPS) is 16.1. The first-order chi connectivity index (χ1) is 8.66. The molecule has 18 heavy (non-hydrogen) atoms. The van der Waals surface area contributed by atoms with Crippen molar-refractivity contribution in [3.63, 3.8) is 0 Å². The Hall–Kier alpha value is -0.960. The van der Waals surface area contributed by atoms with Gasteiger partial charge in [-0.05, 0) is 54.7 Å². The Balaban J connectivity index is 1.87. The zero-order valence-corrected chi connectivity index (χ0v) is 11.6. The second kappa shape index (κ2) is 6.28. The SMILES string of the molecule is Cc1cc(C(=O)O)ccc1CSCC1CCCC1. The Kier molecular flexibility index (Phi) is 4.70. The number of hydrogen-bond donors (Lipinski definition) is 1. The fourth-order valence-electron chi connectivity index (χ4n) is 2.50. The van der Waals surface area contributed by atoms with Crippen molar-refractivity contribution in [1.82, 2.24) is 0 Å². The Morgan fingerprint density at radius 2 is 2.11 bits per heavy atom. The van der Waals surface area contributed by atoms with E-state index >= 15 is 0 Å². The van der Waals surface area contributed by atoms with E-state index in [1.165, 1.54) is 37.0 Å². The van der Waals surface area contributed by atoms with Gasteiger partial charge in [0.25, 0.3) is 0 Å². The van der Waals surface area contributed by atoms with E-state index in [1.54, 1.807) is 12.1 Å². The summed E-state index contributed by atoms with van der Waals surface area (Å²) in [4.78, 5) is 10.8. The van der Waals surface area contributed by atoms with Gasteiger partial charge in [-0.25, -0.2) is 4.79 Å². The van der Waals surface area contributed by atoms with Crippen LogP contribution in [0.3, 0.4) is 0 Å². The van der Waals surface area contributed by atoms with Crippen molar-refractivity contribution in [1.29, 1.82) is 0 Å². The molecule has 2 rings (SSSR count). The number of aryl methyl sites for hydroxylation is 1. The van der Waals surface area contributed by atoms with Crippen LogP contribution in [0.4, 0.5) is 0 Å². The van der Waals surface area contributed by atoms with Gasteiger partial charge in [-0.1, -0.05) is 18.9 Å². The Labute approximate surface area is 113 Å². The summed E-state index contributed by atoms with van der Waals surface area (Å²) < 4.78 is 0. The number of aromatic carboxylic acids is 1. The van der Waals surface area contributed by atoms with Crippen LogP contribution in [0.5, 0.6) is 0 Å². The fraction of sp³-hybridized carbons (Fsp3) is 0.533. The number of hydrogen-bond acceptors (Lipinski definition) is 2.